The zero-order valence-electron chi connectivity index (χ0n) is 16.5. The Morgan fingerprint density at radius 1 is 0.900 bits per heavy atom. The number of carbonyl (C=O) groups excluding carboxylic acids is 1. The van der Waals surface area contributed by atoms with Gasteiger partial charge in [-0.15, -0.1) is 0 Å². The Labute approximate surface area is 175 Å². The molecule has 4 rings (SSSR count). The van der Waals surface area contributed by atoms with Gasteiger partial charge in [-0.05, 0) is 30.3 Å². The first kappa shape index (κ1) is 20.8. The number of nitrogens with zero attached hydrogens (tertiary/aromatic N) is 3. The summed E-state index contributed by atoms with van der Waals surface area (Å²) in [5, 5.41) is 0. The fraction of sp³-hybridized carbons (Fsp3) is 0.381. The average molecular weight is 434 g/mol. The zero-order chi connectivity index (χ0) is 21.1. The number of para-hydroxylation sites is 1. The van der Waals surface area contributed by atoms with Crippen LogP contribution in [0.2, 0.25) is 0 Å². The minimum atomic E-state index is -3.80. The first-order valence-electron chi connectivity index (χ1n) is 9.93. The second-order valence-corrected chi connectivity index (χ2v) is 9.21. The van der Waals surface area contributed by atoms with Crippen LogP contribution in [0, 0.1) is 5.82 Å². The van der Waals surface area contributed by atoms with Gasteiger partial charge in [-0.2, -0.15) is 4.31 Å². The van der Waals surface area contributed by atoms with Crippen LogP contribution in [0.15, 0.2) is 53.4 Å². The van der Waals surface area contributed by atoms with Crippen LogP contribution in [0.25, 0.3) is 0 Å². The molecule has 2 aromatic carbocycles. The lowest BCUT2D eigenvalue weighted by Gasteiger charge is -2.36. The number of morpholine rings is 1. The molecule has 9 heteroatoms. The van der Waals surface area contributed by atoms with E-state index in [0.29, 0.717) is 39.4 Å². The molecule has 2 aromatic rings. The molecule has 0 saturated carbocycles. The van der Waals surface area contributed by atoms with E-state index >= 15 is 0 Å². The van der Waals surface area contributed by atoms with E-state index in [0.717, 1.165) is 17.8 Å². The number of amides is 1. The highest BCUT2D eigenvalue weighted by Crippen LogP contribution is 2.22. The number of halogens is 1. The van der Waals surface area contributed by atoms with E-state index < -0.39 is 21.7 Å². The molecule has 0 aliphatic carbocycles. The fourth-order valence-electron chi connectivity index (χ4n) is 3.74. The van der Waals surface area contributed by atoms with Crippen molar-refractivity contribution in [2.45, 2.75) is 4.90 Å². The number of hydrogen-bond acceptors (Lipinski definition) is 5. The maximum Gasteiger partial charge on any atom is 0.256 e. The predicted octanol–water partition coefficient (Wildman–Crippen LogP) is 1.81. The summed E-state index contributed by atoms with van der Waals surface area (Å²) >= 11 is 0. The summed E-state index contributed by atoms with van der Waals surface area (Å²) < 4.78 is 46.7. The van der Waals surface area contributed by atoms with E-state index in [1.165, 1.54) is 10.4 Å². The van der Waals surface area contributed by atoms with Gasteiger partial charge in [0.25, 0.3) is 5.91 Å². The van der Waals surface area contributed by atoms with E-state index in [2.05, 4.69) is 4.90 Å². The van der Waals surface area contributed by atoms with E-state index in [-0.39, 0.29) is 23.5 Å². The van der Waals surface area contributed by atoms with Crippen molar-refractivity contribution in [1.82, 2.24) is 9.21 Å². The molecule has 0 bridgehead atoms. The molecule has 0 unspecified atom stereocenters. The van der Waals surface area contributed by atoms with Crippen molar-refractivity contribution < 1.29 is 22.3 Å². The minimum absolute atomic E-state index is 0.0722. The highest BCUT2D eigenvalue weighted by Gasteiger charge is 2.29. The SMILES string of the molecule is O=C(c1cc(S(=O)(=O)N2CCOCC2)ccc1F)N1CCN(c2ccccc2)CC1. The molecule has 0 radical (unpaired) electrons. The topological polar surface area (TPSA) is 70.2 Å². The summed E-state index contributed by atoms with van der Waals surface area (Å²) in [6.45, 7) is 3.25. The van der Waals surface area contributed by atoms with Gasteiger partial charge in [0.15, 0.2) is 0 Å². The summed E-state index contributed by atoms with van der Waals surface area (Å²) in [7, 11) is -3.80. The first-order chi connectivity index (χ1) is 14.5. The van der Waals surface area contributed by atoms with Crippen LogP contribution < -0.4 is 4.90 Å². The Balaban J connectivity index is 1.50. The van der Waals surface area contributed by atoms with Crippen molar-refractivity contribution >= 4 is 21.6 Å². The molecule has 0 aromatic heterocycles. The van der Waals surface area contributed by atoms with Crippen LogP contribution in [-0.4, -0.2) is 76.0 Å². The van der Waals surface area contributed by atoms with Gasteiger partial charge < -0.3 is 14.5 Å². The van der Waals surface area contributed by atoms with E-state index in [4.69, 9.17) is 4.74 Å². The van der Waals surface area contributed by atoms with Crippen molar-refractivity contribution in [3.05, 3.63) is 59.9 Å². The first-order valence-corrected chi connectivity index (χ1v) is 11.4. The van der Waals surface area contributed by atoms with Crippen LogP contribution in [0.5, 0.6) is 0 Å². The number of ether oxygens (including phenoxy) is 1. The predicted molar refractivity (Wildman–Crippen MR) is 111 cm³/mol. The van der Waals surface area contributed by atoms with Crippen molar-refractivity contribution in [3.8, 4) is 0 Å². The highest BCUT2D eigenvalue weighted by atomic mass is 32.2. The van der Waals surface area contributed by atoms with Gasteiger partial charge in [-0.25, -0.2) is 12.8 Å². The van der Waals surface area contributed by atoms with Crippen molar-refractivity contribution in [1.29, 1.82) is 0 Å². The standard InChI is InChI=1S/C21H24FN3O4S/c22-20-7-6-18(30(27,28)25-12-14-29-15-13-25)16-19(20)21(26)24-10-8-23(9-11-24)17-4-2-1-3-5-17/h1-7,16H,8-15H2. The molecule has 2 saturated heterocycles. The molecule has 0 atom stereocenters. The summed E-state index contributed by atoms with van der Waals surface area (Å²) in [5.41, 5.74) is 0.867. The number of anilines is 1. The zero-order valence-corrected chi connectivity index (χ0v) is 17.4. The number of carbonyl (C=O) groups is 1. The third kappa shape index (κ3) is 4.19. The Morgan fingerprint density at radius 3 is 2.23 bits per heavy atom. The molecule has 2 aliphatic rings. The molecule has 2 aliphatic heterocycles. The lowest BCUT2D eigenvalue weighted by Crippen LogP contribution is -2.49. The molecule has 0 spiro atoms. The van der Waals surface area contributed by atoms with Crippen LogP contribution in [0.1, 0.15) is 10.4 Å². The molecule has 1 amide bonds. The van der Waals surface area contributed by atoms with Crippen molar-refractivity contribution in [3.63, 3.8) is 0 Å². The fourth-order valence-corrected chi connectivity index (χ4v) is 5.18. The highest BCUT2D eigenvalue weighted by molar-refractivity contribution is 7.89. The largest absolute Gasteiger partial charge is 0.379 e. The quantitative estimate of drug-likeness (QED) is 0.736. The lowest BCUT2D eigenvalue weighted by molar-refractivity contribution is 0.0728. The molecule has 2 fully saturated rings. The molecule has 160 valence electrons. The smallest absolute Gasteiger partial charge is 0.256 e. The average Bonchev–Trinajstić information content (AvgIpc) is 2.80. The van der Waals surface area contributed by atoms with Gasteiger partial charge in [0.05, 0.1) is 23.7 Å². The summed E-state index contributed by atoms with van der Waals surface area (Å²) in [6.07, 6.45) is 0. The van der Waals surface area contributed by atoms with Gasteiger partial charge in [0, 0.05) is 45.0 Å². The second kappa shape index (κ2) is 8.71. The Bertz CT molecular complexity index is 1000. The molecule has 2 heterocycles. The molecule has 7 nitrogen and oxygen atoms in total. The maximum atomic E-state index is 14.5. The second-order valence-electron chi connectivity index (χ2n) is 7.27. The normalized spacial score (nSPS) is 18.4. The summed E-state index contributed by atoms with van der Waals surface area (Å²) in [5.74, 6) is -1.20. The number of hydrogen-bond donors (Lipinski definition) is 0. The minimum Gasteiger partial charge on any atom is -0.379 e. The maximum absolute atomic E-state index is 14.5. The monoisotopic (exact) mass is 433 g/mol. The Kier molecular flexibility index (Phi) is 6.03. The van der Waals surface area contributed by atoms with Gasteiger partial charge >= 0.3 is 0 Å². The van der Waals surface area contributed by atoms with Crippen LogP contribution in [-0.2, 0) is 14.8 Å². The number of benzene rings is 2. The van der Waals surface area contributed by atoms with Crippen molar-refractivity contribution in [2.75, 3.05) is 57.4 Å². The van der Waals surface area contributed by atoms with Gasteiger partial charge in [0.2, 0.25) is 10.0 Å². The third-order valence-corrected chi connectivity index (χ3v) is 7.36. The van der Waals surface area contributed by atoms with E-state index in [1.807, 2.05) is 30.3 Å². The Hall–Kier alpha value is -2.49. The van der Waals surface area contributed by atoms with E-state index in [9.17, 15) is 17.6 Å². The summed E-state index contributed by atoms with van der Waals surface area (Å²) in [4.78, 5) is 16.6. The van der Waals surface area contributed by atoms with Crippen LogP contribution >= 0.6 is 0 Å². The summed E-state index contributed by atoms with van der Waals surface area (Å²) in [6, 6.07) is 13.3. The molecule has 30 heavy (non-hydrogen) atoms. The molecular formula is C21H24FN3O4S. The number of rotatable bonds is 4. The third-order valence-electron chi connectivity index (χ3n) is 5.46. The lowest BCUT2D eigenvalue weighted by atomic mass is 10.1. The van der Waals surface area contributed by atoms with Gasteiger partial charge in [-0.3, -0.25) is 4.79 Å². The van der Waals surface area contributed by atoms with E-state index in [1.54, 1.807) is 4.90 Å². The van der Waals surface area contributed by atoms with Gasteiger partial charge in [0.1, 0.15) is 5.82 Å². The van der Waals surface area contributed by atoms with Crippen LogP contribution in [0.4, 0.5) is 10.1 Å². The van der Waals surface area contributed by atoms with Crippen LogP contribution in [0.3, 0.4) is 0 Å². The number of piperazine rings is 1. The van der Waals surface area contributed by atoms with Gasteiger partial charge in [-0.1, -0.05) is 18.2 Å². The number of sulfonamides is 1. The molecular weight excluding hydrogens is 409 g/mol. The molecule has 0 N–H and O–H groups in total. The van der Waals surface area contributed by atoms with Crippen molar-refractivity contribution in [2.24, 2.45) is 0 Å². The Morgan fingerprint density at radius 2 is 1.57 bits per heavy atom.